The number of carboxylic acid groups (broad SMARTS) is 1. The number of likely N-dealkylation sites (tertiary alicyclic amines) is 1. The molecular formula is C11H18BrNO3. The summed E-state index contributed by atoms with van der Waals surface area (Å²) >= 11 is 3.23. The smallest absolute Gasteiger partial charge is 0.407 e. The van der Waals surface area contributed by atoms with Crippen LogP contribution in [0.25, 0.3) is 0 Å². The van der Waals surface area contributed by atoms with Crippen LogP contribution >= 0.6 is 15.9 Å². The van der Waals surface area contributed by atoms with Gasteiger partial charge in [0.05, 0.1) is 10.4 Å². The molecule has 1 heterocycles. The Bertz CT molecular complexity index is 324. The molecule has 2 atom stereocenters. The molecule has 0 saturated carbocycles. The number of halogens is 1. The quantitative estimate of drug-likeness (QED) is 0.698. The zero-order valence-electron chi connectivity index (χ0n) is 10.1. The summed E-state index contributed by atoms with van der Waals surface area (Å²) in [4.78, 5) is 24.0. The van der Waals surface area contributed by atoms with Gasteiger partial charge in [-0.3, -0.25) is 4.79 Å². The molecule has 1 aliphatic heterocycles. The first-order valence-electron chi connectivity index (χ1n) is 5.27. The second kappa shape index (κ2) is 4.02. The number of carbonyl (C=O) groups excluding carboxylic acids is 1. The van der Waals surface area contributed by atoms with Gasteiger partial charge >= 0.3 is 6.09 Å². The fourth-order valence-electron chi connectivity index (χ4n) is 1.97. The van der Waals surface area contributed by atoms with E-state index >= 15 is 0 Å². The molecule has 4 nitrogen and oxygen atoms in total. The fraction of sp³-hybridized carbons (Fsp3) is 0.818. The molecule has 0 aromatic rings. The summed E-state index contributed by atoms with van der Waals surface area (Å²) in [6.07, 6.45) is -0.701. The van der Waals surface area contributed by atoms with Crippen molar-refractivity contribution in [1.29, 1.82) is 0 Å². The monoisotopic (exact) mass is 291 g/mol. The van der Waals surface area contributed by atoms with Gasteiger partial charge in [0, 0.05) is 13.0 Å². The van der Waals surface area contributed by atoms with Crippen LogP contribution in [0, 0.1) is 5.41 Å². The van der Waals surface area contributed by atoms with Crippen molar-refractivity contribution in [3.63, 3.8) is 0 Å². The van der Waals surface area contributed by atoms with E-state index in [9.17, 15) is 14.7 Å². The van der Waals surface area contributed by atoms with Crippen LogP contribution in [-0.4, -0.2) is 38.8 Å². The van der Waals surface area contributed by atoms with Crippen LogP contribution < -0.4 is 0 Å². The Labute approximate surface area is 104 Å². The third-order valence-electron chi connectivity index (χ3n) is 3.65. The number of alkyl halides is 1. The number of Topliss-reactive ketones (excluding diaryl/α,β-unsaturated/α-hetero) is 1. The van der Waals surface area contributed by atoms with Crippen molar-refractivity contribution in [2.24, 2.45) is 5.41 Å². The van der Waals surface area contributed by atoms with Crippen LogP contribution in [0.15, 0.2) is 0 Å². The molecule has 0 aromatic carbocycles. The van der Waals surface area contributed by atoms with Gasteiger partial charge in [0.1, 0.15) is 0 Å². The summed E-state index contributed by atoms with van der Waals surface area (Å²) in [7, 11) is 0. The van der Waals surface area contributed by atoms with Gasteiger partial charge in [-0.25, -0.2) is 4.79 Å². The third kappa shape index (κ3) is 2.10. The lowest BCUT2D eigenvalue weighted by Gasteiger charge is -2.51. The molecule has 16 heavy (non-hydrogen) atoms. The van der Waals surface area contributed by atoms with Gasteiger partial charge in [-0.2, -0.15) is 0 Å². The molecule has 0 aromatic heterocycles. The maximum Gasteiger partial charge on any atom is 0.407 e. The highest BCUT2D eigenvalue weighted by Gasteiger charge is 2.50. The topological polar surface area (TPSA) is 57.6 Å². The molecule has 1 rings (SSSR count). The van der Waals surface area contributed by atoms with Crippen LogP contribution in [0.3, 0.4) is 0 Å². The largest absolute Gasteiger partial charge is 0.465 e. The van der Waals surface area contributed by atoms with Gasteiger partial charge in [-0.15, -0.1) is 0 Å². The Morgan fingerprint density at radius 1 is 1.56 bits per heavy atom. The minimum atomic E-state index is -0.964. The lowest BCUT2D eigenvalue weighted by Crippen LogP contribution is -2.63. The van der Waals surface area contributed by atoms with Crippen molar-refractivity contribution in [2.45, 2.75) is 44.5 Å². The molecule has 1 amide bonds. The molecule has 0 radical (unpaired) electrons. The van der Waals surface area contributed by atoms with E-state index in [1.807, 2.05) is 27.7 Å². The van der Waals surface area contributed by atoms with Gasteiger partial charge in [-0.05, 0) is 12.3 Å². The number of rotatable bonds is 0. The number of carbonyl (C=O) groups is 2. The Morgan fingerprint density at radius 2 is 2.06 bits per heavy atom. The SMILES string of the molecule is CC(C)(C)C1(C)CC(=O)C(Br)CN1C(=O)O. The Hall–Kier alpha value is -0.580. The fourth-order valence-corrected chi connectivity index (χ4v) is 2.42. The van der Waals surface area contributed by atoms with Crippen molar-refractivity contribution >= 4 is 27.8 Å². The molecule has 92 valence electrons. The summed E-state index contributed by atoms with van der Waals surface area (Å²) in [5, 5.41) is 9.24. The van der Waals surface area contributed by atoms with Crippen molar-refractivity contribution < 1.29 is 14.7 Å². The number of nitrogens with zero attached hydrogens (tertiary/aromatic N) is 1. The number of hydrogen-bond donors (Lipinski definition) is 1. The minimum absolute atomic E-state index is 0.0786. The molecule has 1 N–H and O–H groups in total. The normalized spacial score (nSPS) is 31.7. The molecule has 2 unspecified atom stereocenters. The molecule has 1 saturated heterocycles. The Morgan fingerprint density at radius 3 is 2.44 bits per heavy atom. The third-order valence-corrected chi connectivity index (χ3v) is 4.45. The number of ketones is 1. The van der Waals surface area contributed by atoms with Crippen molar-refractivity contribution in [3.8, 4) is 0 Å². The zero-order chi connectivity index (χ0) is 12.7. The first kappa shape index (κ1) is 13.5. The van der Waals surface area contributed by atoms with E-state index in [-0.39, 0.29) is 29.0 Å². The highest BCUT2D eigenvalue weighted by molar-refractivity contribution is 9.10. The predicted molar refractivity (Wildman–Crippen MR) is 64.9 cm³/mol. The summed E-state index contributed by atoms with van der Waals surface area (Å²) in [6.45, 7) is 7.96. The summed E-state index contributed by atoms with van der Waals surface area (Å²) in [5.41, 5.74) is -0.908. The number of piperidine rings is 1. The molecule has 1 aliphatic rings. The highest BCUT2D eigenvalue weighted by atomic mass is 79.9. The molecule has 1 fully saturated rings. The molecule has 0 aliphatic carbocycles. The van der Waals surface area contributed by atoms with E-state index in [0.29, 0.717) is 0 Å². The first-order valence-corrected chi connectivity index (χ1v) is 6.18. The van der Waals surface area contributed by atoms with Crippen LogP contribution in [0.2, 0.25) is 0 Å². The summed E-state index contributed by atoms with van der Waals surface area (Å²) in [6, 6.07) is 0. The lowest BCUT2D eigenvalue weighted by molar-refractivity contribution is -0.127. The van der Waals surface area contributed by atoms with Crippen LogP contribution in [0.5, 0.6) is 0 Å². The standard InChI is InChI=1S/C11H18BrNO3/c1-10(2,3)11(4)5-8(14)7(12)6-13(11)9(15)16/h7H,5-6H2,1-4H3,(H,15,16). The predicted octanol–water partition coefficient (Wildman–Crippen LogP) is 2.51. The summed E-state index contributed by atoms with van der Waals surface area (Å²) < 4.78 is 0. The van der Waals surface area contributed by atoms with Crippen molar-refractivity contribution in [2.75, 3.05) is 6.54 Å². The minimum Gasteiger partial charge on any atom is -0.465 e. The van der Waals surface area contributed by atoms with Crippen LogP contribution in [-0.2, 0) is 4.79 Å². The van der Waals surface area contributed by atoms with Gasteiger partial charge in [0.25, 0.3) is 0 Å². The van der Waals surface area contributed by atoms with E-state index in [1.54, 1.807) is 0 Å². The summed E-state index contributed by atoms with van der Waals surface area (Å²) in [5.74, 6) is 0.0786. The van der Waals surface area contributed by atoms with Gasteiger partial charge in [0.2, 0.25) is 0 Å². The molecule has 0 spiro atoms. The van der Waals surface area contributed by atoms with Gasteiger partial charge in [-0.1, -0.05) is 36.7 Å². The number of amides is 1. The second-order valence-corrected chi connectivity index (χ2v) is 6.63. The van der Waals surface area contributed by atoms with Crippen LogP contribution in [0.4, 0.5) is 4.79 Å². The van der Waals surface area contributed by atoms with Gasteiger partial charge < -0.3 is 10.0 Å². The maximum absolute atomic E-state index is 11.8. The molecular weight excluding hydrogens is 274 g/mol. The molecule has 0 bridgehead atoms. The second-order valence-electron chi connectivity index (χ2n) is 5.53. The average molecular weight is 292 g/mol. The molecule has 5 heteroatoms. The first-order chi connectivity index (χ1) is 7.09. The maximum atomic E-state index is 11.8. The van der Waals surface area contributed by atoms with E-state index in [0.717, 1.165) is 0 Å². The van der Waals surface area contributed by atoms with E-state index in [1.165, 1.54) is 4.90 Å². The highest BCUT2D eigenvalue weighted by Crippen LogP contribution is 2.42. The Balaban J connectivity index is 3.13. The van der Waals surface area contributed by atoms with Gasteiger partial charge in [0.15, 0.2) is 5.78 Å². The Kier molecular flexibility index (Phi) is 3.39. The van der Waals surface area contributed by atoms with E-state index < -0.39 is 11.6 Å². The number of hydrogen-bond acceptors (Lipinski definition) is 2. The van der Waals surface area contributed by atoms with Crippen molar-refractivity contribution in [3.05, 3.63) is 0 Å². The zero-order valence-corrected chi connectivity index (χ0v) is 11.7. The van der Waals surface area contributed by atoms with Crippen LogP contribution in [0.1, 0.15) is 34.1 Å². The van der Waals surface area contributed by atoms with Crippen molar-refractivity contribution in [1.82, 2.24) is 4.90 Å². The lowest BCUT2D eigenvalue weighted by atomic mass is 9.69. The van der Waals surface area contributed by atoms with E-state index in [2.05, 4.69) is 15.9 Å². The van der Waals surface area contributed by atoms with E-state index in [4.69, 9.17) is 0 Å². The average Bonchev–Trinajstić information content (AvgIpc) is 2.09.